The number of aromatic amines is 2. The van der Waals surface area contributed by atoms with Crippen molar-refractivity contribution in [2.75, 3.05) is 0 Å². The molecule has 1 atom stereocenters. The maximum absolute atomic E-state index is 12.1. The molecule has 0 aromatic carbocycles. The van der Waals surface area contributed by atoms with Crippen molar-refractivity contribution in [2.24, 2.45) is 5.92 Å². The fourth-order valence-electron chi connectivity index (χ4n) is 1.92. The van der Waals surface area contributed by atoms with Crippen LogP contribution in [-0.4, -0.2) is 26.8 Å². The molecule has 1 unspecified atom stereocenters. The predicted octanol–water partition coefficient (Wildman–Crippen LogP) is 0.0635. The number of amides is 1. The average Bonchev–Trinajstić information content (AvgIpc) is 2.56. The van der Waals surface area contributed by atoms with Crippen LogP contribution in [0.4, 0.5) is 0 Å². The van der Waals surface area contributed by atoms with Gasteiger partial charge in [0.05, 0.1) is 12.1 Å². The van der Waals surface area contributed by atoms with Crippen molar-refractivity contribution in [1.82, 2.24) is 14.9 Å². The SMILES string of the molecule is CC(C)C(C)N1Cc2c([nH]c(=O)[nH]c2=O)C1=O. The van der Waals surface area contributed by atoms with Crippen LogP contribution < -0.4 is 11.2 Å². The molecule has 6 nitrogen and oxygen atoms in total. The van der Waals surface area contributed by atoms with Gasteiger partial charge in [-0.3, -0.25) is 14.6 Å². The standard InChI is InChI=1S/C11H15N3O3/c1-5(2)6(3)14-4-7-8(10(14)16)12-11(17)13-9(7)15/h5-6H,4H2,1-3H3,(H2,12,13,15,17). The third-order valence-corrected chi connectivity index (χ3v) is 3.30. The summed E-state index contributed by atoms with van der Waals surface area (Å²) in [6, 6.07) is 0.0257. The minimum absolute atomic E-state index is 0.0257. The second-order valence-electron chi connectivity index (χ2n) is 4.68. The summed E-state index contributed by atoms with van der Waals surface area (Å²) in [5.41, 5.74) is -0.634. The second-order valence-corrected chi connectivity index (χ2v) is 4.68. The van der Waals surface area contributed by atoms with Crippen LogP contribution in [-0.2, 0) is 6.54 Å². The number of carbonyl (C=O) groups excluding carboxylic acids is 1. The minimum atomic E-state index is -0.638. The summed E-state index contributed by atoms with van der Waals surface area (Å²) in [6.45, 7) is 6.21. The highest BCUT2D eigenvalue weighted by Crippen LogP contribution is 2.22. The first kappa shape index (κ1) is 11.6. The molecule has 6 heteroatoms. The Morgan fingerprint density at radius 2 is 1.76 bits per heavy atom. The van der Waals surface area contributed by atoms with Crippen molar-refractivity contribution >= 4 is 5.91 Å². The van der Waals surface area contributed by atoms with Gasteiger partial charge in [0.1, 0.15) is 5.69 Å². The van der Waals surface area contributed by atoms with Gasteiger partial charge in [0.25, 0.3) is 11.5 Å². The largest absolute Gasteiger partial charge is 0.330 e. The van der Waals surface area contributed by atoms with E-state index in [9.17, 15) is 14.4 Å². The lowest BCUT2D eigenvalue weighted by Gasteiger charge is -2.27. The quantitative estimate of drug-likeness (QED) is 0.762. The zero-order valence-electron chi connectivity index (χ0n) is 10.0. The lowest BCUT2D eigenvalue weighted by molar-refractivity contribution is 0.0669. The van der Waals surface area contributed by atoms with E-state index >= 15 is 0 Å². The van der Waals surface area contributed by atoms with Crippen LogP contribution >= 0.6 is 0 Å². The van der Waals surface area contributed by atoms with Gasteiger partial charge in [-0.2, -0.15) is 0 Å². The van der Waals surface area contributed by atoms with E-state index in [1.54, 1.807) is 4.90 Å². The van der Waals surface area contributed by atoms with Gasteiger partial charge in [0, 0.05) is 6.04 Å². The van der Waals surface area contributed by atoms with Gasteiger partial charge < -0.3 is 9.88 Å². The molecular formula is C11H15N3O3. The van der Waals surface area contributed by atoms with Crippen LogP contribution in [0.3, 0.4) is 0 Å². The molecule has 0 aliphatic carbocycles. The number of H-pyrrole nitrogens is 2. The number of aromatic nitrogens is 2. The number of hydrogen-bond donors (Lipinski definition) is 2. The zero-order chi connectivity index (χ0) is 12.7. The first-order valence-corrected chi connectivity index (χ1v) is 5.58. The van der Waals surface area contributed by atoms with E-state index in [1.165, 1.54) is 0 Å². The van der Waals surface area contributed by atoms with Crippen molar-refractivity contribution in [3.05, 3.63) is 32.1 Å². The molecule has 1 aromatic heterocycles. The number of fused-ring (bicyclic) bond motifs is 1. The van der Waals surface area contributed by atoms with Crippen LogP contribution in [0.5, 0.6) is 0 Å². The molecule has 1 aliphatic heterocycles. The summed E-state index contributed by atoms with van der Waals surface area (Å²) in [7, 11) is 0. The lowest BCUT2D eigenvalue weighted by atomic mass is 10.1. The zero-order valence-corrected chi connectivity index (χ0v) is 10.0. The highest BCUT2D eigenvalue weighted by atomic mass is 16.2. The molecule has 1 aromatic rings. The molecule has 2 N–H and O–H groups in total. The number of carbonyl (C=O) groups is 1. The normalized spacial score (nSPS) is 16.5. The van der Waals surface area contributed by atoms with E-state index in [1.807, 2.05) is 20.8 Å². The van der Waals surface area contributed by atoms with Gasteiger partial charge in [-0.25, -0.2) is 4.79 Å². The number of nitrogens with one attached hydrogen (secondary N) is 2. The molecule has 92 valence electrons. The van der Waals surface area contributed by atoms with Gasteiger partial charge in [-0.05, 0) is 12.8 Å². The smallest absolute Gasteiger partial charge is 0.326 e. The van der Waals surface area contributed by atoms with Crippen molar-refractivity contribution in [3.8, 4) is 0 Å². The average molecular weight is 237 g/mol. The molecule has 0 radical (unpaired) electrons. The second kappa shape index (κ2) is 3.87. The van der Waals surface area contributed by atoms with Gasteiger partial charge >= 0.3 is 5.69 Å². The summed E-state index contributed by atoms with van der Waals surface area (Å²) >= 11 is 0. The maximum Gasteiger partial charge on any atom is 0.326 e. The van der Waals surface area contributed by atoms with Gasteiger partial charge in [0.15, 0.2) is 0 Å². The van der Waals surface area contributed by atoms with E-state index in [0.717, 1.165) is 0 Å². The van der Waals surface area contributed by atoms with Crippen LogP contribution in [0.15, 0.2) is 9.59 Å². The van der Waals surface area contributed by atoms with Gasteiger partial charge in [0.2, 0.25) is 0 Å². The summed E-state index contributed by atoms with van der Waals surface area (Å²) in [4.78, 5) is 40.9. The summed E-state index contributed by atoms with van der Waals surface area (Å²) < 4.78 is 0. The minimum Gasteiger partial charge on any atom is -0.330 e. The van der Waals surface area contributed by atoms with Crippen molar-refractivity contribution in [1.29, 1.82) is 0 Å². The lowest BCUT2D eigenvalue weighted by Crippen LogP contribution is -2.37. The van der Waals surface area contributed by atoms with Crippen molar-refractivity contribution in [3.63, 3.8) is 0 Å². The Morgan fingerprint density at radius 1 is 1.12 bits per heavy atom. The molecule has 0 fully saturated rings. The Hall–Kier alpha value is -1.85. The monoisotopic (exact) mass is 237 g/mol. The van der Waals surface area contributed by atoms with Crippen LogP contribution in [0.25, 0.3) is 0 Å². The highest BCUT2D eigenvalue weighted by Gasteiger charge is 2.34. The number of nitrogens with zero attached hydrogens (tertiary/aromatic N) is 1. The fourth-order valence-corrected chi connectivity index (χ4v) is 1.92. The van der Waals surface area contributed by atoms with Crippen LogP contribution in [0.2, 0.25) is 0 Å². The van der Waals surface area contributed by atoms with Gasteiger partial charge in [-0.15, -0.1) is 0 Å². The van der Waals surface area contributed by atoms with Crippen molar-refractivity contribution < 1.29 is 4.79 Å². The maximum atomic E-state index is 12.1. The fraction of sp³-hybridized carbons (Fsp3) is 0.545. The molecule has 2 heterocycles. The highest BCUT2D eigenvalue weighted by molar-refractivity contribution is 5.96. The van der Waals surface area contributed by atoms with Gasteiger partial charge in [-0.1, -0.05) is 13.8 Å². The Morgan fingerprint density at radius 3 is 2.35 bits per heavy atom. The molecule has 0 saturated carbocycles. The number of hydrogen-bond acceptors (Lipinski definition) is 3. The Balaban J connectivity index is 2.46. The van der Waals surface area contributed by atoms with Crippen molar-refractivity contribution in [2.45, 2.75) is 33.4 Å². The molecule has 1 amide bonds. The first-order valence-electron chi connectivity index (χ1n) is 5.58. The molecule has 0 saturated heterocycles. The Bertz CT molecular complexity index is 570. The molecule has 0 bridgehead atoms. The topological polar surface area (TPSA) is 86.0 Å². The predicted molar refractivity (Wildman–Crippen MR) is 61.9 cm³/mol. The summed E-state index contributed by atoms with van der Waals surface area (Å²) in [5.74, 6) is 0.0171. The first-order chi connectivity index (χ1) is 7.91. The summed E-state index contributed by atoms with van der Waals surface area (Å²) in [5, 5.41) is 0. The summed E-state index contributed by atoms with van der Waals surface area (Å²) in [6.07, 6.45) is 0. The van der Waals surface area contributed by atoms with E-state index in [2.05, 4.69) is 9.97 Å². The Labute approximate surface area is 97.7 Å². The Kier molecular flexibility index (Phi) is 2.65. The van der Waals surface area contributed by atoms with Crippen LogP contribution in [0.1, 0.15) is 36.8 Å². The van der Waals surface area contributed by atoms with E-state index in [0.29, 0.717) is 11.5 Å². The third-order valence-electron chi connectivity index (χ3n) is 3.30. The van der Waals surface area contributed by atoms with Crippen LogP contribution in [0, 0.1) is 5.92 Å². The molecule has 17 heavy (non-hydrogen) atoms. The van der Waals surface area contributed by atoms with E-state index in [4.69, 9.17) is 0 Å². The molecule has 2 rings (SSSR count). The molecule has 1 aliphatic rings. The van der Waals surface area contributed by atoms with E-state index in [-0.39, 0.29) is 24.2 Å². The molecular weight excluding hydrogens is 222 g/mol. The van der Waals surface area contributed by atoms with E-state index < -0.39 is 11.2 Å². The third kappa shape index (κ3) is 1.79. The molecule has 0 spiro atoms. The number of rotatable bonds is 2.